The number of nitrogens with zero attached hydrogens (tertiary/aromatic N) is 1. The molecule has 0 aliphatic carbocycles. The average Bonchev–Trinajstić information content (AvgIpc) is 2.46. The van der Waals surface area contributed by atoms with Crippen molar-refractivity contribution in [1.29, 1.82) is 0 Å². The van der Waals surface area contributed by atoms with Gasteiger partial charge in [-0.05, 0) is 28.5 Å². The van der Waals surface area contributed by atoms with E-state index in [0.29, 0.717) is 0 Å². The molecule has 0 fully saturated rings. The fourth-order valence-electron chi connectivity index (χ4n) is 1.95. The maximum Gasteiger partial charge on any atom is 0.0636 e. The average molecular weight is 231 g/mol. The van der Waals surface area contributed by atoms with Gasteiger partial charge in [-0.1, -0.05) is 60.7 Å². The highest BCUT2D eigenvalue weighted by molar-refractivity contribution is 5.87. The van der Waals surface area contributed by atoms with Crippen molar-refractivity contribution in [3.8, 4) is 0 Å². The maximum atomic E-state index is 4.50. The second-order valence-electron chi connectivity index (χ2n) is 4.20. The van der Waals surface area contributed by atoms with E-state index in [4.69, 9.17) is 0 Å². The summed E-state index contributed by atoms with van der Waals surface area (Å²) in [5.74, 6) is 0. The maximum absolute atomic E-state index is 4.50. The van der Waals surface area contributed by atoms with Gasteiger partial charge in [0.25, 0.3) is 0 Å². The largest absolute Gasteiger partial charge is 0.256 e. The van der Waals surface area contributed by atoms with E-state index in [-0.39, 0.29) is 0 Å². The summed E-state index contributed by atoms with van der Waals surface area (Å²) in [4.78, 5) is 4.50. The van der Waals surface area contributed by atoms with Crippen molar-refractivity contribution >= 4 is 22.7 Å². The minimum atomic E-state index is 0.984. The summed E-state index contributed by atoms with van der Waals surface area (Å²) in [6.45, 7) is 0. The van der Waals surface area contributed by atoms with E-state index >= 15 is 0 Å². The summed E-state index contributed by atoms with van der Waals surface area (Å²) < 4.78 is 0. The highest BCUT2D eigenvalue weighted by Gasteiger charge is 1.93. The summed E-state index contributed by atoms with van der Waals surface area (Å²) in [6, 6.07) is 24.7. The van der Waals surface area contributed by atoms with Gasteiger partial charge in [0.05, 0.1) is 5.69 Å². The predicted octanol–water partition coefficient (Wildman–Crippen LogP) is 4.59. The Hall–Kier alpha value is -2.41. The summed E-state index contributed by atoms with van der Waals surface area (Å²) in [7, 11) is 0. The molecule has 3 aromatic rings. The van der Waals surface area contributed by atoms with Gasteiger partial charge in [-0.25, -0.2) is 0 Å². The summed E-state index contributed by atoms with van der Waals surface area (Å²) >= 11 is 0. The van der Waals surface area contributed by atoms with E-state index in [1.165, 1.54) is 10.8 Å². The van der Waals surface area contributed by atoms with Crippen LogP contribution in [0.25, 0.3) is 10.8 Å². The molecule has 0 aliphatic heterocycles. The Morgan fingerprint density at radius 1 is 0.667 bits per heavy atom. The third-order valence-electron chi connectivity index (χ3n) is 2.90. The van der Waals surface area contributed by atoms with Crippen LogP contribution in [0.4, 0.5) is 5.69 Å². The summed E-state index contributed by atoms with van der Waals surface area (Å²) in [6.07, 6.45) is 1.89. The smallest absolute Gasteiger partial charge is 0.0636 e. The molecule has 18 heavy (non-hydrogen) atoms. The molecule has 3 rings (SSSR count). The Morgan fingerprint density at radius 3 is 2.22 bits per heavy atom. The Kier molecular flexibility index (Phi) is 2.89. The third kappa shape index (κ3) is 2.30. The van der Waals surface area contributed by atoms with E-state index in [0.717, 1.165) is 11.3 Å². The van der Waals surface area contributed by atoms with Gasteiger partial charge in [0.1, 0.15) is 0 Å². The molecular weight excluding hydrogens is 218 g/mol. The van der Waals surface area contributed by atoms with Crippen LogP contribution in [0, 0.1) is 0 Å². The molecule has 0 heterocycles. The van der Waals surface area contributed by atoms with Crippen LogP contribution in [0.1, 0.15) is 5.56 Å². The van der Waals surface area contributed by atoms with Gasteiger partial charge in [0, 0.05) is 6.21 Å². The summed E-state index contributed by atoms with van der Waals surface area (Å²) in [5.41, 5.74) is 2.10. The summed E-state index contributed by atoms with van der Waals surface area (Å²) in [5, 5.41) is 2.47. The molecule has 0 aliphatic rings. The van der Waals surface area contributed by atoms with Crippen molar-refractivity contribution in [3.05, 3.63) is 78.4 Å². The number of rotatable bonds is 2. The number of benzene rings is 3. The van der Waals surface area contributed by atoms with Gasteiger partial charge in [-0.3, -0.25) is 4.99 Å². The molecule has 0 aromatic heterocycles. The van der Waals surface area contributed by atoms with Crippen LogP contribution >= 0.6 is 0 Å². The number of hydrogen-bond donors (Lipinski definition) is 0. The van der Waals surface area contributed by atoms with Crippen molar-refractivity contribution in [1.82, 2.24) is 0 Å². The Morgan fingerprint density at radius 2 is 1.39 bits per heavy atom. The van der Waals surface area contributed by atoms with Crippen LogP contribution in [0.3, 0.4) is 0 Å². The van der Waals surface area contributed by atoms with Crippen LogP contribution in [0.2, 0.25) is 0 Å². The molecule has 0 bridgehead atoms. The highest BCUT2D eigenvalue weighted by atomic mass is 14.7. The molecule has 0 unspecified atom stereocenters. The van der Waals surface area contributed by atoms with E-state index in [2.05, 4.69) is 35.3 Å². The lowest BCUT2D eigenvalue weighted by Gasteiger charge is -1.98. The molecule has 86 valence electrons. The molecule has 3 aromatic carbocycles. The van der Waals surface area contributed by atoms with Crippen LogP contribution < -0.4 is 0 Å². The van der Waals surface area contributed by atoms with E-state index in [1.807, 2.05) is 48.7 Å². The first-order valence-corrected chi connectivity index (χ1v) is 6.00. The van der Waals surface area contributed by atoms with Crippen LogP contribution in [0.5, 0.6) is 0 Å². The van der Waals surface area contributed by atoms with Crippen molar-refractivity contribution in [3.63, 3.8) is 0 Å². The molecular formula is C17H13N. The first-order chi connectivity index (χ1) is 8.92. The zero-order valence-corrected chi connectivity index (χ0v) is 9.95. The molecule has 0 saturated carbocycles. The van der Waals surface area contributed by atoms with E-state index in [9.17, 15) is 0 Å². The van der Waals surface area contributed by atoms with Crippen LogP contribution in [-0.4, -0.2) is 6.21 Å². The van der Waals surface area contributed by atoms with E-state index in [1.54, 1.807) is 0 Å². The minimum absolute atomic E-state index is 0.984. The van der Waals surface area contributed by atoms with Crippen LogP contribution in [-0.2, 0) is 0 Å². The molecule has 1 heteroatoms. The lowest BCUT2D eigenvalue weighted by Crippen LogP contribution is -1.78. The highest BCUT2D eigenvalue weighted by Crippen LogP contribution is 2.20. The van der Waals surface area contributed by atoms with Crippen molar-refractivity contribution < 1.29 is 0 Å². The molecule has 0 radical (unpaired) electrons. The fourth-order valence-corrected chi connectivity index (χ4v) is 1.95. The minimum Gasteiger partial charge on any atom is -0.256 e. The molecule has 0 atom stereocenters. The van der Waals surface area contributed by atoms with Gasteiger partial charge in [-0.2, -0.15) is 0 Å². The lowest BCUT2D eigenvalue weighted by atomic mass is 10.1. The zero-order chi connectivity index (χ0) is 12.2. The first kappa shape index (κ1) is 10.7. The Balaban J connectivity index is 1.93. The molecule has 0 saturated heterocycles. The Labute approximate surface area is 106 Å². The second-order valence-corrected chi connectivity index (χ2v) is 4.20. The fraction of sp³-hybridized carbons (Fsp3) is 0. The zero-order valence-electron chi connectivity index (χ0n) is 9.95. The monoisotopic (exact) mass is 231 g/mol. The normalized spacial score (nSPS) is 11.1. The lowest BCUT2D eigenvalue weighted by molar-refractivity contribution is 1.55. The van der Waals surface area contributed by atoms with Crippen molar-refractivity contribution in [2.45, 2.75) is 0 Å². The van der Waals surface area contributed by atoms with Gasteiger partial charge in [0.15, 0.2) is 0 Å². The van der Waals surface area contributed by atoms with Gasteiger partial charge < -0.3 is 0 Å². The van der Waals surface area contributed by atoms with E-state index < -0.39 is 0 Å². The van der Waals surface area contributed by atoms with Gasteiger partial charge in [0.2, 0.25) is 0 Å². The third-order valence-corrected chi connectivity index (χ3v) is 2.90. The van der Waals surface area contributed by atoms with Crippen molar-refractivity contribution in [2.24, 2.45) is 4.99 Å². The Bertz CT molecular complexity index is 684. The number of aliphatic imine (C=N–C) groups is 1. The van der Waals surface area contributed by atoms with Crippen LogP contribution in [0.15, 0.2) is 77.8 Å². The predicted molar refractivity (Wildman–Crippen MR) is 77.6 cm³/mol. The second kappa shape index (κ2) is 4.84. The SMILES string of the molecule is C(=Nc1ccc2ccccc2c1)c1ccccc1. The topological polar surface area (TPSA) is 12.4 Å². The van der Waals surface area contributed by atoms with Crippen molar-refractivity contribution in [2.75, 3.05) is 0 Å². The molecule has 1 nitrogen and oxygen atoms in total. The molecule has 0 spiro atoms. The standard InChI is InChI=1S/C17H13N/c1-2-6-14(7-3-1)13-18-17-11-10-15-8-4-5-9-16(15)12-17/h1-13H. The van der Waals surface area contributed by atoms with Gasteiger partial charge in [-0.15, -0.1) is 0 Å². The quantitative estimate of drug-likeness (QED) is 0.572. The molecule has 0 amide bonds. The molecule has 0 N–H and O–H groups in total. The first-order valence-electron chi connectivity index (χ1n) is 6.00. The number of fused-ring (bicyclic) bond motifs is 1. The number of hydrogen-bond acceptors (Lipinski definition) is 1. The van der Waals surface area contributed by atoms with Gasteiger partial charge >= 0.3 is 0 Å².